The molecule has 1 amide bonds. The molecule has 0 aliphatic carbocycles. The third kappa shape index (κ3) is 4.02. The van der Waals surface area contributed by atoms with E-state index >= 15 is 0 Å². The number of fused-ring (bicyclic) bond motifs is 1. The molecule has 0 saturated carbocycles. The molecule has 2 aromatic carbocycles. The number of ether oxygens (including phenoxy) is 2. The van der Waals surface area contributed by atoms with Crippen molar-refractivity contribution in [3.05, 3.63) is 65.4 Å². The molecule has 4 rings (SSSR count). The van der Waals surface area contributed by atoms with Crippen molar-refractivity contribution in [2.45, 2.75) is 39.2 Å². The van der Waals surface area contributed by atoms with Crippen LogP contribution in [0.2, 0.25) is 0 Å². The molecular formula is C25H29N3O3. The number of carbonyl (C=O) groups excluding carboxylic acids is 1. The zero-order valence-electron chi connectivity index (χ0n) is 18.4. The molecule has 0 radical (unpaired) electrons. The molecule has 1 unspecified atom stereocenters. The molecule has 0 spiro atoms. The van der Waals surface area contributed by atoms with Crippen LogP contribution in [0.15, 0.2) is 48.5 Å². The summed E-state index contributed by atoms with van der Waals surface area (Å²) in [5.74, 6) is 1.61. The first-order valence-corrected chi connectivity index (χ1v) is 10.9. The Hall–Kier alpha value is -3.28. The Morgan fingerprint density at radius 3 is 2.58 bits per heavy atom. The second-order valence-corrected chi connectivity index (χ2v) is 7.76. The summed E-state index contributed by atoms with van der Waals surface area (Å²) in [7, 11) is 1.65. The van der Waals surface area contributed by atoms with Gasteiger partial charge in [0.05, 0.1) is 25.5 Å². The predicted octanol–water partition coefficient (Wildman–Crippen LogP) is 5.22. The first-order chi connectivity index (χ1) is 15.2. The fraction of sp³-hybridized carbons (Fsp3) is 0.360. The minimum Gasteiger partial charge on any atom is -0.497 e. The van der Waals surface area contributed by atoms with E-state index in [9.17, 15) is 4.79 Å². The van der Waals surface area contributed by atoms with Gasteiger partial charge in [0.25, 0.3) is 5.91 Å². The van der Waals surface area contributed by atoms with E-state index in [4.69, 9.17) is 9.47 Å². The quantitative estimate of drug-likeness (QED) is 0.483. The summed E-state index contributed by atoms with van der Waals surface area (Å²) >= 11 is 0. The minimum absolute atomic E-state index is 0.00795. The highest BCUT2D eigenvalue weighted by Gasteiger charge is 2.41. The van der Waals surface area contributed by atoms with Crippen LogP contribution in [0.3, 0.4) is 0 Å². The lowest BCUT2D eigenvalue weighted by Crippen LogP contribution is -2.30. The number of H-pyrrole nitrogens is 1. The number of methoxy groups -OCH3 is 1. The molecule has 6 heteroatoms. The van der Waals surface area contributed by atoms with Crippen LogP contribution in [0.4, 0.5) is 0 Å². The number of carbonyl (C=O) groups is 1. The van der Waals surface area contributed by atoms with Gasteiger partial charge in [0, 0.05) is 17.7 Å². The molecule has 1 aromatic heterocycles. The number of rotatable bonds is 9. The van der Waals surface area contributed by atoms with Gasteiger partial charge in [-0.1, -0.05) is 32.4 Å². The number of aromatic nitrogens is 2. The van der Waals surface area contributed by atoms with E-state index in [-0.39, 0.29) is 11.9 Å². The van der Waals surface area contributed by atoms with Gasteiger partial charge in [-0.2, -0.15) is 5.10 Å². The van der Waals surface area contributed by atoms with E-state index in [0.717, 1.165) is 53.1 Å². The van der Waals surface area contributed by atoms with Gasteiger partial charge in [0.1, 0.15) is 17.2 Å². The van der Waals surface area contributed by atoms with Gasteiger partial charge in [0.15, 0.2) is 0 Å². The summed E-state index contributed by atoms with van der Waals surface area (Å²) in [6.45, 7) is 5.60. The Kier molecular flexibility index (Phi) is 6.26. The maximum absolute atomic E-state index is 13.2. The lowest BCUT2D eigenvalue weighted by atomic mass is 9.96. The van der Waals surface area contributed by atoms with Gasteiger partial charge < -0.3 is 14.4 Å². The molecule has 0 fully saturated rings. The highest BCUT2D eigenvalue weighted by molar-refractivity contribution is 6.00. The van der Waals surface area contributed by atoms with E-state index in [1.54, 1.807) is 7.11 Å². The summed E-state index contributed by atoms with van der Waals surface area (Å²) in [6.07, 6.45) is 2.98. The molecule has 3 aromatic rings. The fourth-order valence-electron chi connectivity index (χ4n) is 4.09. The highest BCUT2D eigenvalue weighted by Crippen LogP contribution is 2.43. The molecule has 31 heavy (non-hydrogen) atoms. The third-order valence-corrected chi connectivity index (χ3v) is 5.63. The number of hydrogen-bond acceptors (Lipinski definition) is 4. The molecule has 1 aliphatic heterocycles. The van der Waals surface area contributed by atoms with E-state index in [0.29, 0.717) is 18.8 Å². The number of benzene rings is 2. The first kappa shape index (κ1) is 21.0. The maximum Gasteiger partial charge on any atom is 0.273 e. The normalized spacial score (nSPS) is 15.3. The third-order valence-electron chi connectivity index (χ3n) is 5.63. The Bertz CT molecular complexity index is 1040. The van der Waals surface area contributed by atoms with Gasteiger partial charge in [-0.3, -0.25) is 9.89 Å². The standard InChI is InChI=1S/C25H29N3O3/c1-4-6-15-31-20-9-7-8-18(16-20)24-21-22(17-10-12-19(30-3)13-11-17)26-27-23(21)25(29)28(24)14-5-2/h7-13,16,24H,4-6,14-15H2,1-3H3,(H,26,27). The predicted molar refractivity (Wildman–Crippen MR) is 121 cm³/mol. The molecule has 0 saturated heterocycles. The minimum atomic E-state index is -0.201. The topological polar surface area (TPSA) is 67.5 Å². The van der Waals surface area contributed by atoms with Crippen molar-refractivity contribution in [2.24, 2.45) is 0 Å². The largest absolute Gasteiger partial charge is 0.497 e. The van der Waals surface area contributed by atoms with Gasteiger partial charge in [-0.15, -0.1) is 0 Å². The number of nitrogens with zero attached hydrogens (tertiary/aromatic N) is 2. The molecule has 0 bridgehead atoms. The smallest absolute Gasteiger partial charge is 0.273 e. The highest BCUT2D eigenvalue weighted by atomic mass is 16.5. The van der Waals surface area contributed by atoms with Crippen molar-refractivity contribution in [1.29, 1.82) is 0 Å². The second kappa shape index (κ2) is 9.25. The fourth-order valence-corrected chi connectivity index (χ4v) is 4.09. The lowest BCUT2D eigenvalue weighted by Gasteiger charge is -2.26. The zero-order valence-corrected chi connectivity index (χ0v) is 18.4. The summed E-state index contributed by atoms with van der Waals surface area (Å²) in [5.41, 5.74) is 4.28. The molecule has 1 N–H and O–H groups in total. The molecular weight excluding hydrogens is 390 g/mol. The van der Waals surface area contributed by atoms with Crippen LogP contribution in [-0.2, 0) is 0 Å². The van der Waals surface area contributed by atoms with E-state index < -0.39 is 0 Å². The van der Waals surface area contributed by atoms with Crippen LogP contribution in [0, 0.1) is 0 Å². The Balaban J connectivity index is 1.76. The first-order valence-electron chi connectivity index (χ1n) is 10.9. The van der Waals surface area contributed by atoms with E-state index in [1.807, 2.05) is 41.3 Å². The van der Waals surface area contributed by atoms with Crippen molar-refractivity contribution < 1.29 is 14.3 Å². The maximum atomic E-state index is 13.2. The van der Waals surface area contributed by atoms with Gasteiger partial charge in [-0.25, -0.2) is 0 Å². The van der Waals surface area contributed by atoms with E-state index in [1.165, 1.54) is 0 Å². The van der Waals surface area contributed by atoms with Gasteiger partial charge in [-0.05, 0) is 54.8 Å². The van der Waals surface area contributed by atoms with Crippen LogP contribution in [0.5, 0.6) is 11.5 Å². The van der Waals surface area contributed by atoms with Gasteiger partial charge in [0.2, 0.25) is 0 Å². The van der Waals surface area contributed by atoms with Crippen LogP contribution >= 0.6 is 0 Å². The average molecular weight is 420 g/mol. The number of hydrogen-bond donors (Lipinski definition) is 1. The zero-order chi connectivity index (χ0) is 21.8. The summed E-state index contributed by atoms with van der Waals surface area (Å²) in [5, 5.41) is 7.53. The van der Waals surface area contributed by atoms with Crippen LogP contribution < -0.4 is 9.47 Å². The second-order valence-electron chi connectivity index (χ2n) is 7.76. The monoisotopic (exact) mass is 419 g/mol. The van der Waals surface area contributed by atoms with Crippen LogP contribution in [0.1, 0.15) is 60.8 Å². The summed E-state index contributed by atoms with van der Waals surface area (Å²) in [6, 6.07) is 15.7. The lowest BCUT2D eigenvalue weighted by molar-refractivity contribution is 0.0743. The van der Waals surface area contributed by atoms with Crippen molar-refractivity contribution >= 4 is 5.91 Å². The number of unbranched alkanes of at least 4 members (excludes halogenated alkanes) is 1. The van der Waals surface area contributed by atoms with Crippen molar-refractivity contribution in [1.82, 2.24) is 15.1 Å². The molecule has 1 atom stereocenters. The Morgan fingerprint density at radius 1 is 1.06 bits per heavy atom. The summed E-state index contributed by atoms with van der Waals surface area (Å²) in [4.78, 5) is 15.1. The molecule has 2 heterocycles. The Labute approximate surface area is 183 Å². The van der Waals surface area contributed by atoms with Crippen molar-refractivity contribution in [2.75, 3.05) is 20.3 Å². The van der Waals surface area contributed by atoms with Crippen molar-refractivity contribution in [3.8, 4) is 22.8 Å². The molecule has 162 valence electrons. The number of nitrogens with one attached hydrogen (secondary N) is 1. The number of amides is 1. The average Bonchev–Trinajstić information content (AvgIpc) is 3.34. The van der Waals surface area contributed by atoms with Crippen LogP contribution in [-0.4, -0.2) is 41.3 Å². The number of aromatic amines is 1. The SMILES string of the molecule is CCCCOc1cccc(C2c3c(-c4ccc(OC)cc4)n[nH]c3C(=O)N2CCC)c1. The molecule has 6 nitrogen and oxygen atoms in total. The Morgan fingerprint density at radius 2 is 1.87 bits per heavy atom. The van der Waals surface area contributed by atoms with Crippen molar-refractivity contribution in [3.63, 3.8) is 0 Å². The summed E-state index contributed by atoms with van der Waals surface area (Å²) < 4.78 is 11.2. The molecule has 1 aliphatic rings. The van der Waals surface area contributed by atoms with Crippen LogP contribution in [0.25, 0.3) is 11.3 Å². The van der Waals surface area contributed by atoms with Gasteiger partial charge >= 0.3 is 0 Å². The van der Waals surface area contributed by atoms with E-state index in [2.05, 4.69) is 36.2 Å².